The molecule has 1 fully saturated rings. The minimum absolute atomic E-state index is 0.0620. The Morgan fingerprint density at radius 2 is 2.14 bits per heavy atom. The van der Waals surface area contributed by atoms with Crippen molar-refractivity contribution >= 4 is 22.5 Å². The van der Waals surface area contributed by atoms with Gasteiger partial charge in [-0.1, -0.05) is 6.92 Å². The number of methoxy groups -OCH3 is 1. The number of hydrogen-bond acceptors (Lipinski definition) is 5. The number of imidazole rings is 1. The van der Waals surface area contributed by atoms with Gasteiger partial charge in [-0.2, -0.15) is 0 Å². The van der Waals surface area contributed by atoms with Crippen molar-refractivity contribution < 1.29 is 13.9 Å². The van der Waals surface area contributed by atoms with E-state index in [0.717, 1.165) is 57.1 Å². The molecule has 28 heavy (non-hydrogen) atoms. The van der Waals surface area contributed by atoms with Crippen molar-refractivity contribution in [2.45, 2.75) is 26.2 Å². The Kier molecular flexibility index (Phi) is 6.00. The van der Waals surface area contributed by atoms with E-state index in [1.807, 2.05) is 0 Å². The molecule has 7 nitrogen and oxygen atoms in total. The number of fused-ring (bicyclic) bond motifs is 1. The Hall–Kier alpha value is -2.45. The lowest BCUT2D eigenvalue weighted by molar-refractivity contribution is 0.100. The summed E-state index contributed by atoms with van der Waals surface area (Å²) in [5.41, 5.74) is 12.9. The van der Waals surface area contributed by atoms with E-state index in [-0.39, 0.29) is 11.0 Å². The van der Waals surface area contributed by atoms with Gasteiger partial charge >= 0.3 is 0 Å². The maximum Gasteiger partial charge on any atom is 0.251 e. The number of primary amides is 1. The van der Waals surface area contributed by atoms with Gasteiger partial charge in [0.25, 0.3) is 5.91 Å². The first kappa shape index (κ1) is 20.3. The number of halogens is 1. The summed E-state index contributed by atoms with van der Waals surface area (Å²) in [6.07, 6.45) is 4.44. The second-order valence-corrected chi connectivity index (χ2v) is 7.63. The average Bonchev–Trinajstić information content (AvgIpc) is 3.06. The van der Waals surface area contributed by atoms with E-state index in [0.29, 0.717) is 16.9 Å². The third-order valence-corrected chi connectivity index (χ3v) is 5.67. The van der Waals surface area contributed by atoms with Gasteiger partial charge in [0.05, 0.1) is 11.1 Å². The minimum Gasteiger partial charge on any atom is -0.404 e. The van der Waals surface area contributed by atoms with Gasteiger partial charge in [-0.05, 0) is 49.9 Å². The van der Waals surface area contributed by atoms with E-state index in [1.54, 1.807) is 13.3 Å². The zero-order valence-electron chi connectivity index (χ0n) is 16.4. The molecule has 0 unspecified atom stereocenters. The lowest BCUT2D eigenvalue weighted by atomic mass is 9.74. The maximum absolute atomic E-state index is 13.8. The van der Waals surface area contributed by atoms with Crippen LogP contribution in [0.15, 0.2) is 18.3 Å². The summed E-state index contributed by atoms with van der Waals surface area (Å²) < 4.78 is 19.0. The molecule has 2 aromatic rings. The molecule has 1 amide bonds. The molecule has 1 aromatic carbocycles. The number of nitrogens with two attached hydrogens (primary N) is 2. The van der Waals surface area contributed by atoms with E-state index in [1.165, 1.54) is 6.07 Å². The Balaban J connectivity index is 1.84. The first-order valence-electron chi connectivity index (χ1n) is 9.51. The van der Waals surface area contributed by atoms with Gasteiger partial charge in [-0.25, -0.2) is 9.37 Å². The highest BCUT2D eigenvalue weighted by molar-refractivity contribution is 6.04. The van der Waals surface area contributed by atoms with E-state index >= 15 is 0 Å². The molecule has 0 spiro atoms. The normalized spacial score (nSPS) is 17.9. The number of amides is 1. The lowest BCUT2D eigenvalue weighted by Crippen LogP contribution is -2.40. The maximum atomic E-state index is 13.8. The van der Waals surface area contributed by atoms with Crippen LogP contribution >= 0.6 is 0 Å². The molecule has 8 heteroatoms. The van der Waals surface area contributed by atoms with Gasteiger partial charge < -0.3 is 26.1 Å². The number of carbonyl (C=O) groups is 1. The fourth-order valence-corrected chi connectivity index (χ4v) is 3.94. The topological polar surface area (TPSA) is 110 Å². The number of hydrogen-bond donors (Lipinski definition) is 3. The van der Waals surface area contributed by atoms with Crippen molar-refractivity contribution in [2.75, 3.05) is 33.4 Å². The molecule has 1 aliphatic heterocycles. The molecule has 0 saturated carbocycles. The van der Waals surface area contributed by atoms with Crippen molar-refractivity contribution in [3.63, 3.8) is 0 Å². The number of allylic oxidation sites excluding steroid dienone is 1. The summed E-state index contributed by atoms with van der Waals surface area (Å²) in [5.74, 6) is -0.692. The Morgan fingerprint density at radius 1 is 1.43 bits per heavy atom. The number of aromatic amines is 1. The quantitative estimate of drug-likeness (QED) is 0.629. The van der Waals surface area contributed by atoms with Gasteiger partial charge in [0.15, 0.2) is 0 Å². The monoisotopic (exact) mass is 389 g/mol. The number of nitrogens with zero attached hydrogens (tertiary/aromatic N) is 2. The molecule has 1 aliphatic rings. The van der Waals surface area contributed by atoms with Crippen molar-refractivity contribution in [3.8, 4) is 0 Å². The summed E-state index contributed by atoms with van der Waals surface area (Å²) in [7, 11) is 1.72. The minimum atomic E-state index is -0.712. The number of benzene rings is 1. The summed E-state index contributed by atoms with van der Waals surface area (Å²) in [6, 6.07) is 2.43. The molecular formula is C20H28FN5O2. The highest BCUT2D eigenvalue weighted by Crippen LogP contribution is 2.42. The van der Waals surface area contributed by atoms with Crippen LogP contribution in [0.2, 0.25) is 0 Å². The zero-order valence-corrected chi connectivity index (χ0v) is 16.4. The van der Waals surface area contributed by atoms with Crippen LogP contribution in [0.1, 0.15) is 42.4 Å². The average molecular weight is 389 g/mol. The zero-order chi connectivity index (χ0) is 20.3. The summed E-state index contributed by atoms with van der Waals surface area (Å²) in [5, 5.41) is 0. The number of carbonyl (C=O) groups excluding carboxylic acids is 1. The van der Waals surface area contributed by atoms with Gasteiger partial charge in [0, 0.05) is 32.0 Å². The third-order valence-electron chi connectivity index (χ3n) is 5.67. The number of aromatic nitrogens is 2. The van der Waals surface area contributed by atoms with Crippen LogP contribution in [0.3, 0.4) is 0 Å². The van der Waals surface area contributed by atoms with E-state index < -0.39 is 11.7 Å². The van der Waals surface area contributed by atoms with Gasteiger partial charge in [0.1, 0.15) is 17.2 Å². The summed E-state index contributed by atoms with van der Waals surface area (Å²) in [4.78, 5) is 21.8. The van der Waals surface area contributed by atoms with Crippen LogP contribution in [0.5, 0.6) is 0 Å². The number of ether oxygens (including phenoxy) is 1. The molecule has 1 saturated heterocycles. The molecule has 0 aliphatic carbocycles. The number of nitrogens with one attached hydrogen (secondary N) is 1. The predicted octanol–water partition coefficient (Wildman–Crippen LogP) is 2.24. The number of piperidine rings is 1. The number of rotatable bonds is 7. The first-order chi connectivity index (χ1) is 13.4. The van der Waals surface area contributed by atoms with Crippen LogP contribution in [0.4, 0.5) is 4.39 Å². The molecule has 0 bridgehead atoms. The highest BCUT2D eigenvalue weighted by atomic mass is 19.1. The number of H-pyrrole nitrogens is 1. The summed E-state index contributed by atoms with van der Waals surface area (Å²) >= 11 is 0. The Labute approximate surface area is 163 Å². The van der Waals surface area contributed by atoms with E-state index in [9.17, 15) is 9.18 Å². The summed E-state index contributed by atoms with van der Waals surface area (Å²) in [6.45, 7) is 5.86. The van der Waals surface area contributed by atoms with Crippen LogP contribution in [-0.4, -0.2) is 54.1 Å². The Morgan fingerprint density at radius 3 is 2.75 bits per heavy atom. The standard InChI is InChI=1S/C20H28FN5O2/c1-20(4-7-26(8-5-20)6-3-9-28-2)15(12-22)19-24-16-11-13(21)10-14(18(23)27)17(16)25-19/h10-12H,3-9,22H2,1-2H3,(H2,23,27)(H,24,25). The third kappa shape index (κ3) is 4.02. The van der Waals surface area contributed by atoms with E-state index in [4.69, 9.17) is 16.2 Å². The largest absolute Gasteiger partial charge is 0.404 e. The van der Waals surface area contributed by atoms with Crippen LogP contribution in [0, 0.1) is 11.2 Å². The second-order valence-electron chi connectivity index (χ2n) is 7.63. The fraction of sp³-hybridized carbons (Fsp3) is 0.500. The van der Waals surface area contributed by atoms with E-state index in [2.05, 4.69) is 21.8 Å². The van der Waals surface area contributed by atoms with Crippen LogP contribution in [0.25, 0.3) is 16.6 Å². The molecule has 2 heterocycles. The molecule has 0 atom stereocenters. The fourth-order valence-electron chi connectivity index (χ4n) is 3.94. The molecule has 3 rings (SSSR count). The molecule has 0 radical (unpaired) electrons. The first-order valence-corrected chi connectivity index (χ1v) is 9.51. The Bertz CT molecular complexity index is 884. The lowest BCUT2D eigenvalue weighted by Gasteiger charge is -2.40. The van der Waals surface area contributed by atoms with Gasteiger partial charge in [-0.15, -0.1) is 0 Å². The SMILES string of the molecule is COCCCN1CCC(C)(C(=CN)c2nc3c(C(N)=O)cc(F)cc3[nH]2)CC1. The van der Waals surface area contributed by atoms with Crippen molar-refractivity contribution in [2.24, 2.45) is 16.9 Å². The van der Waals surface area contributed by atoms with Crippen molar-refractivity contribution in [1.82, 2.24) is 14.9 Å². The predicted molar refractivity (Wildman–Crippen MR) is 107 cm³/mol. The van der Waals surface area contributed by atoms with Crippen molar-refractivity contribution in [1.29, 1.82) is 0 Å². The highest BCUT2D eigenvalue weighted by Gasteiger charge is 2.35. The molecule has 152 valence electrons. The molecule has 1 aromatic heterocycles. The molecular weight excluding hydrogens is 361 g/mol. The van der Waals surface area contributed by atoms with Crippen LogP contribution < -0.4 is 11.5 Å². The molecule has 5 N–H and O–H groups in total. The van der Waals surface area contributed by atoms with Crippen LogP contribution in [-0.2, 0) is 4.74 Å². The van der Waals surface area contributed by atoms with Gasteiger partial charge in [-0.3, -0.25) is 4.79 Å². The van der Waals surface area contributed by atoms with Crippen molar-refractivity contribution in [3.05, 3.63) is 35.5 Å². The smallest absolute Gasteiger partial charge is 0.251 e. The second kappa shape index (κ2) is 8.28. The van der Waals surface area contributed by atoms with Gasteiger partial charge in [0.2, 0.25) is 0 Å². The number of likely N-dealkylation sites (tertiary alicyclic amines) is 1.